The number of carbonyl (C=O) groups is 1. The molecule has 0 bridgehead atoms. The van der Waals surface area contributed by atoms with E-state index in [0.717, 1.165) is 67.2 Å². The summed E-state index contributed by atoms with van der Waals surface area (Å²) in [6, 6.07) is 12.2. The Balaban J connectivity index is 1.88. The fourth-order valence-corrected chi connectivity index (χ4v) is 5.93. The number of hydrogen-bond acceptors (Lipinski definition) is 5. The molecule has 1 aliphatic rings. The molecule has 3 aromatic carbocycles. The number of aliphatic carboxylic acids is 1. The number of rotatable bonds is 8. The molecule has 4 aromatic rings. The first-order valence-electron chi connectivity index (χ1n) is 14.8. The van der Waals surface area contributed by atoms with Gasteiger partial charge in [0, 0.05) is 41.5 Å². The van der Waals surface area contributed by atoms with Crippen molar-refractivity contribution in [2.24, 2.45) is 10.9 Å². The van der Waals surface area contributed by atoms with Crippen molar-refractivity contribution in [3.05, 3.63) is 89.3 Å². The van der Waals surface area contributed by atoms with E-state index in [0.29, 0.717) is 18.1 Å². The van der Waals surface area contributed by atoms with Crippen molar-refractivity contribution in [1.29, 1.82) is 0 Å². The Hall–Kier alpha value is -4.29. The second kappa shape index (κ2) is 11.8. The van der Waals surface area contributed by atoms with Crippen LogP contribution in [0.2, 0.25) is 0 Å². The van der Waals surface area contributed by atoms with Gasteiger partial charge >= 0.3 is 5.97 Å². The normalized spacial score (nSPS) is 14.5. The smallest absolute Gasteiger partial charge is 0.337 e. The lowest BCUT2D eigenvalue weighted by Gasteiger charge is -2.29. The summed E-state index contributed by atoms with van der Waals surface area (Å²) >= 11 is 0. The summed E-state index contributed by atoms with van der Waals surface area (Å²) < 4.78 is 12.3. The van der Waals surface area contributed by atoms with Crippen molar-refractivity contribution >= 4 is 39.4 Å². The minimum absolute atomic E-state index is 0.335. The summed E-state index contributed by atoms with van der Waals surface area (Å²) in [5.74, 6) is 0.0987. The number of aryl methyl sites for hydroxylation is 2. The standard InChI is InChI=1S/C37H40N2O4/c1-9-24(20-38-19-21(2)3)26-10-11-27-29(23(26)5)18-22(4)31(35(36(40)41)43-37(6,7)8)33(27)28-12-13-30-32-25(15-17-42-30)14-16-39-34(28)32/h9-14,16,18-21,35H,1,15,17H2,2-8H3,(H,40,41)/b24-20+,38-19?. The van der Waals surface area contributed by atoms with Crippen LogP contribution in [0.4, 0.5) is 0 Å². The number of allylic oxidation sites excluding steroid dienone is 2. The third kappa shape index (κ3) is 5.84. The number of ether oxygens (including phenoxy) is 2. The van der Waals surface area contributed by atoms with Crippen LogP contribution in [-0.2, 0) is 16.0 Å². The molecule has 1 unspecified atom stereocenters. The fraction of sp³-hybridized carbons (Fsp3) is 0.324. The van der Waals surface area contributed by atoms with Gasteiger partial charge in [-0.2, -0.15) is 0 Å². The molecule has 6 nitrogen and oxygen atoms in total. The fourth-order valence-electron chi connectivity index (χ4n) is 5.93. The van der Waals surface area contributed by atoms with Gasteiger partial charge in [-0.3, -0.25) is 9.98 Å². The molecule has 1 aliphatic heterocycles. The van der Waals surface area contributed by atoms with Crippen LogP contribution < -0.4 is 4.74 Å². The second-order valence-corrected chi connectivity index (χ2v) is 12.5. The SMILES string of the molecule is C=C/C(=C\N=CC(C)C)c1ccc2c(-c3ccc4c5c(ccnc35)CCO4)c(C(OC(C)(C)C)C(=O)O)c(C)cc2c1C. The Morgan fingerprint density at radius 1 is 1.14 bits per heavy atom. The highest BCUT2D eigenvalue weighted by Gasteiger charge is 2.33. The van der Waals surface area contributed by atoms with Gasteiger partial charge in [-0.05, 0) is 103 Å². The van der Waals surface area contributed by atoms with E-state index in [1.807, 2.05) is 70.6 Å². The largest absolute Gasteiger partial charge is 0.493 e. The van der Waals surface area contributed by atoms with Crippen molar-refractivity contribution in [2.75, 3.05) is 6.61 Å². The molecule has 0 spiro atoms. The number of hydrogen-bond donors (Lipinski definition) is 1. The van der Waals surface area contributed by atoms with Crippen LogP contribution >= 0.6 is 0 Å². The Labute approximate surface area is 253 Å². The number of aromatic nitrogens is 1. The quantitative estimate of drug-likeness (QED) is 0.167. The highest BCUT2D eigenvalue weighted by molar-refractivity contribution is 6.10. The second-order valence-electron chi connectivity index (χ2n) is 12.5. The molecule has 2 heterocycles. The van der Waals surface area contributed by atoms with E-state index in [-0.39, 0.29) is 0 Å². The summed E-state index contributed by atoms with van der Waals surface area (Å²) in [5, 5.41) is 13.5. The molecule has 1 aromatic heterocycles. The molecule has 0 aliphatic carbocycles. The Morgan fingerprint density at radius 2 is 1.91 bits per heavy atom. The maximum Gasteiger partial charge on any atom is 0.337 e. The molecule has 43 heavy (non-hydrogen) atoms. The lowest BCUT2D eigenvalue weighted by molar-refractivity contribution is -0.160. The average Bonchev–Trinajstić information content (AvgIpc) is 2.94. The molecule has 0 amide bonds. The van der Waals surface area contributed by atoms with Crippen molar-refractivity contribution in [1.82, 2.24) is 4.98 Å². The van der Waals surface area contributed by atoms with Crippen LogP contribution in [0.1, 0.15) is 68.5 Å². The van der Waals surface area contributed by atoms with Gasteiger partial charge in [0.2, 0.25) is 0 Å². The zero-order chi connectivity index (χ0) is 31.1. The predicted molar refractivity (Wildman–Crippen MR) is 176 cm³/mol. The van der Waals surface area contributed by atoms with Crippen LogP contribution in [0.25, 0.3) is 38.4 Å². The minimum atomic E-state index is -1.18. The molecule has 1 atom stereocenters. The summed E-state index contributed by atoms with van der Waals surface area (Å²) in [6.45, 7) is 18.5. The van der Waals surface area contributed by atoms with E-state index in [9.17, 15) is 9.90 Å². The van der Waals surface area contributed by atoms with Gasteiger partial charge in [0.15, 0.2) is 6.10 Å². The summed E-state index contributed by atoms with van der Waals surface area (Å²) in [6.07, 6.45) is 7.01. The highest BCUT2D eigenvalue weighted by atomic mass is 16.5. The number of carboxylic acid groups (broad SMARTS) is 1. The van der Waals surface area contributed by atoms with Gasteiger partial charge in [-0.15, -0.1) is 0 Å². The van der Waals surface area contributed by atoms with Gasteiger partial charge in [0.05, 0.1) is 17.7 Å². The third-order valence-corrected chi connectivity index (χ3v) is 7.76. The average molecular weight is 577 g/mol. The Kier molecular flexibility index (Phi) is 8.26. The van der Waals surface area contributed by atoms with Gasteiger partial charge in [0.1, 0.15) is 5.75 Å². The predicted octanol–water partition coefficient (Wildman–Crippen LogP) is 8.80. The monoisotopic (exact) mass is 576 g/mol. The highest BCUT2D eigenvalue weighted by Crippen LogP contribution is 2.46. The summed E-state index contributed by atoms with van der Waals surface area (Å²) in [7, 11) is 0. The van der Waals surface area contributed by atoms with Crippen LogP contribution in [-0.4, -0.2) is 34.5 Å². The van der Waals surface area contributed by atoms with E-state index in [1.54, 1.807) is 0 Å². The zero-order valence-corrected chi connectivity index (χ0v) is 26.1. The number of aliphatic imine (C=N–C) groups is 1. The first kappa shape index (κ1) is 30.2. The first-order valence-corrected chi connectivity index (χ1v) is 14.8. The number of carboxylic acids is 1. The number of fused-ring (bicyclic) bond motifs is 1. The summed E-state index contributed by atoms with van der Waals surface area (Å²) in [4.78, 5) is 22.2. The Bertz CT molecular complexity index is 1800. The zero-order valence-electron chi connectivity index (χ0n) is 26.1. The van der Waals surface area contributed by atoms with Gasteiger partial charge < -0.3 is 14.6 Å². The van der Waals surface area contributed by atoms with E-state index < -0.39 is 17.7 Å². The minimum Gasteiger partial charge on any atom is -0.493 e. The van der Waals surface area contributed by atoms with Crippen molar-refractivity contribution in [3.63, 3.8) is 0 Å². The molecule has 222 valence electrons. The van der Waals surface area contributed by atoms with Crippen LogP contribution in [0.15, 0.2) is 66.4 Å². The third-order valence-electron chi connectivity index (χ3n) is 7.76. The van der Waals surface area contributed by atoms with Gasteiger partial charge in [-0.1, -0.05) is 44.7 Å². The van der Waals surface area contributed by atoms with Gasteiger partial charge in [-0.25, -0.2) is 4.79 Å². The van der Waals surface area contributed by atoms with Crippen LogP contribution in [0, 0.1) is 19.8 Å². The van der Waals surface area contributed by atoms with Crippen LogP contribution in [0.5, 0.6) is 5.75 Å². The van der Waals surface area contributed by atoms with Crippen LogP contribution in [0.3, 0.4) is 0 Å². The van der Waals surface area contributed by atoms with Crippen molar-refractivity contribution in [3.8, 4) is 16.9 Å². The lowest BCUT2D eigenvalue weighted by Crippen LogP contribution is -2.28. The number of pyridine rings is 1. The molecule has 1 N–H and O–H groups in total. The molecular weight excluding hydrogens is 536 g/mol. The number of nitrogens with zero attached hydrogens (tertiary/aromatic N) is 2. The maximum atomic E-state index is 12.9. The maximum absolute atomic E-state index is 12.9. The first-order chi connectivity index (χ1) is 20.4. The van der Waals surface area contributed by atoms with E-state index >= 15 is 0 Å². The molecule has 0 radical (unpaired) electrons. The topological polar surface area (TPSA) is 81.0 Å². The van der Waals surface area contributed by atoms with E-state index in [4.69, 9.17) is 14.5 Å². The molecule has 5 rings (SSSR count). The Morgan fingerprint density at radius 3 is 2.58 bits per heavy atom. The molecule has 0 fully saturated rings. The van der Waals surface area contributed by atoms with E-state index in [2.05, 4.69) is 50.5 Å². The molecule has 0 saturated carbocycles. The number of benzene rings is 3. The molecular formula is C37H40N2O4. The van der Waals surface area contributed by atoms with Crippen molar-refractivity contribution < 1.29 is 19.4 Å². The molecule has 6 heteroatoms. The summed E-state index contributed by atoms with van der Waals surface area (Å²) in [5.41, 5.74) is 7.39. The van der Waals surface area contributed by atoms with Crippen molar-refractivity contribution in [2.45, 2.75) is 66.6 Å². The lowest BCUT2D eigenvalue weighted by atomic mass is 9.83. The van der Waals surface area contributed by atoms with Gasteiger partial charge in [0.25, 0.3) is 0 Å². The molecule has 0 saturated heterocycles. The van der Waals surface area contributed by atoms with E-state index in [1.165, 1.54) is 5.56 Å².